The van der Waals surface area contributed by atoms with Crippen LogP contribution in [0.3, 0.4) is 0 Å². The number of fused-ring (bicyclic) bond motifs is 1. The number of aromatic nitrogens is 1. The van der Waals surface area contributed by atoms with Gasteiger partial charge in [0.25, 0.3) is 0 Å². The highest BCUT2D eigenvalue weighted by molar-refractivity contribution is 5.44. The molecule has 0 saturated carbocycles. The quantitative estimate of drug-likeness (QED) is 0.766. The van der Waals surface area contributed by atoms with Gasteiger partial charge in [-0.3, -0.25) is 0 Å². The van der Waals surface area contributed by atoms with Gasteiger partial charge in [-0.2, -0.15) is 0 Å². The highest BCUT2D eigenvalue weighted by atomic mass is 16.7. The molecule has 0 amide bonds. The van der Waals surface area contributed by atoms with Crippen LogP contribution in [-0.4, -0.2) is 11.4 Å². The first-order valence-electron chi connectivity index (χ1n) is 5.24. The molecular formula is C13H12NO2. The number of hydrogen-bond acceptors (Lipinski definition) is 2. The maximum Gasteiger partial charge on any atom is 0.231 e. The third-order valence-corrected chi connectivity index (χ3v) is 2.77. The van der Waals surface area contributed by atoms with Crippen molar-refractivity contribution in [2.24, 2.45) is 0 Å². The van der Waals surface area contributed by atoms with E-state index in [4.69, 9.17) is 9.47 Å². The zero-order valence-corrected chi connectivity index (χ0v) is 9.06. The number of ether oxygens (including phenoxy) is 2. The van der Waals surface area contributed by atoms with Crippen LogP contribution in [0.2, 0.25) is 0 Å². The average molecular weight is 214 g/mol. The van der Waals surface area contributed by atoms with E-state index in [0.29, 0.717) is 6.79 Å². The van der Waals surface area contributed by atoms with Crippen molar-refractivity contribution < 1.29 is 9.47 Å². The van der Waals surface area contributed by atoms with Gasteiger partial charge in [0.05, 0.1) is 0 Å². The second-order valence-corrected chi connectivity index (χ2v) is 3.90. The summed E-state index contributed by atoms with van der Waals surface area (Å²) in [5.74, 6) is 1.67. The normalized spacial score (nSPS) is 13.1. The van der Waals surface area contributed by atoms with Crippen LogP contribution in [0.15, 0.2) is 30.5 Å². The molecule has 2 heterocycles. The molecule has 1 aliphatic heterocycles. The van der Waals surface area contributed by atoms with Gasteiger partial charge >= 0.3 is 0 Å². The maximum atomic E-state index is 5.35. The lowest BCUT2D eigenvalue weighted by Gasteiger charge is -2.06. The third kappa shape index (κ3) is 1.54. The van der Waals surface area contributed by atoms with Crippen molar-refractivity contribution in [2.45, 2.75) is 13.5 Å². The molecule has 0 spiro atoms. The fourth-order valence-electron chi connectivity index (χ4n) is 1.84. The fraction of sp³-hybridized carbons (Fsp3) is 0.231. The first kappa shape index (κ1) is 9.33. The Bertz CT molecular complexity index is 516. The van der Waals surface area contributed by atoms with Crippen LogP contribution >= 0.6 is 0 Å². The minimum atomic E-state index is 0.328. The molecule has 2 aromatic rings. The van der Waals surface area contributed by atoms with Crippen molar-refractivity contribution in [3.8, 4) is 11.5 Å². The molecule has 0 aliphatic carbocycles. The standard InChI is InChI=1S/C13H12NO2/c1-10-3-2-6-14(10)8-11-4-5-12-13(7-11)16-9-15-12/h3-7H,8-9H2,1H3. The lowest BCUT2D eigenvalue weighted by atomic mass is 10.2. The Balaban J connectivity index is 1.88. The van der Waals surface area contributed by atoms with Gasteiger partial charge in [0.1, 0.15) is 0 Å². The van der Waals surface area contributed by atoms with Crippen LogP contribution < -0.4 is 9.47 Å². The first-order chi connectivity index (χ1) is 7.83. The summed E-state index contributed by atoms with van der Waals surface area (Å²) >= 11 is 0. The number of nitrogens with zero attached hydrogens (tertiary/aromatic N) is 1. The highest BCUT2D eigenvalue weighted by Gasteiger charge is 2.13. The number of aryl methyl sites for hydroxylation is 1. The van der Waals surface area contributed by atoms with E-state index in [-0.39, 0.29) is 0 Å². The van der Waals surface area contributed by atoms with Gasteiger partial charge in [-0.05, 0) is 30.7 Å². The summed E-state index contributed by atoms with van der Waals surface area (Å²) in [6.07, 6.45) is 1.96. The summed E-state index contributed by atoms with van der Waals surface area (Å²) in [4.78, 5) is 0. The highest BCUT2D eigenvalue weighted by Crippen LogP contribution is 2.32. The van der Waals surface area contributed by atoms with E-state index in [2.05, 4.69) is 23.6 Å². The topological polar surface area (TPSA) is 23.4 Å². The van der Waals surface area contributed by atoms with Gasteiger partial charge in [-0.15, -0.1) is 0 Å². The Morgan fingerprint density at radius 3 is 3.00 bits per heavy atom. The van der Waals surface area contributed by atoms with E-state index in [1.54, 1.807) is 0 Å². The summed E-state index contributed by atoms with van der Waals surface area (Å²) < 4.78 is 12.8. The van der Waals surface area contributed by atoms with Gasteiger partial charge in [0.15, 0.2) is 11.5 Å². The van der Waals surface area contributed by atoms with Gasteiger partial charge < -0.3 is 14.0 Å². The largest absolute Gasteiger partial charge is 0.454 e. The Kier molecular flexibility index (Phi) is 2.10. The van der Waals surface area contributed by atoms with Crippen molar-refractivity contribution in [3.63, 3.8) is 0 Å². The van der Waals surface area contributed by atoms with E-state index in [9.17, 15) is 0 Å². The predicted molar refractivity (Wildman–Crippen MR) is 59.7 cm³/mol. The van der Waals surface area contributed by atoms with Gasteiger partial charge in [0.2, 0.25) is 6.79 Å². The Labute approximate surface area is 94.2 Å². The van der Waals surface area contributed by atoms with E-state index < -0.39 is 0 Å². The van der Waals surface area contributed by atoms with Crippen LogP contribution in [0.4, 0.5) is 0 Å². The van der Waals surface area contributed by atoms with Crippen molar-refractivity contribution >= 4 is 0 Å². The molecule has 3 heteroatoms. The van der Waals surface area contributed by atoms with E-state index >= 15 is 0 Å². The molecule has 0 bridgehead atoms. The molecule has 3 rings (SSSR count). The maximum absolute atomic E-state index is 5.35. The summed E-state index contributed by atoms with van der Waals surface area (Å²) in [5.41, 5.74) is 2.41. The van der Waals surface area contributed by atoms with Crippen molar-refractivity contribution in [1.29, 1.82) is 0 Å². The fourth-order valence-corrected chi connectivity index (χ4v) is 1.84. The second kappa shape index (κ2) is 3.59. The van der Waals surface area contributed by atoms with Crippen molar-refractivity contribution in [2.75, 3.05) is 6.79 Å². The Hall–Kier alpha value is -1.90. The van der Waals surface area contributed by atoms with Crippen molar-refractivity contribution in [3.05, 3.63) is 47.8 Å². The molecule has 0 unspecified atom stereocenters. The third-order valence-electron chi connectivity index (χ3n) is 2.77. The zero-order valence-electron chi connectivity index (χ0n) is 9.06. The molecule has 0 fully saturated rings. The van der Waals surface area contributed by atoms with Gasteiger partial charge in [0, 0.05) is 24.5 Å². The lowest BCUT2D eigenvalue weighted by molar-refractivity contribution is 0.174. The minimum Gasteiger partial charge on any atom is -0.454 e. The zero-order chi connectivity index (χ0) is 11.0. The summed E-state index contributed by atoms with van der Waals surface area (Å²) in [5, 5.41) is 0. The predicted octanol–water partition coefficient (Wildman–Crippen LogP) is 2.37. The molecule has 1 aromatic carbocycles. The minimum absolute atomic E-state index is 0.328. The lowest BCUT2D eigenvalue weighted by Crippen LogP contribution is -1.99. The average Bonchev–Trinajstić information content (AvgIpc) is 2.88. The van der Waals surface area contributed by atoms with E-state index in [1.807, 2.05) is 24.4 Å². The smallest absolute Gasteiger partial charge is 0.231 e. The van der Waals surface area contributed by atoms with Gasteiger partial charge in [-0.1, -0.05) is 6.07 Å². The molecular weight excluding hydrogens is 202 g/mol. The number of hydrogen-bond donors (Lipinski definition) is 0. The Morgan fingerprint density at radius 1 is 1.31 bits per heavy atom. The molecule has 1 radical (unpaired) electrons. The SMILES string of the molecule is Cc1c[c]cn1Cc1ccc2c(c1)OCO2. The molecule has 0 N–H and O–H groups in total. The van der Waals surface area contributed by atoms with E-state index in [0.717, 1.165) is 18.0 Å². The van der Waals surface area contributed by atoms with Crippen LogP contribution in [0.5, 0.6) is 11.5 Å². The molecule has 3 nitrogen and oxygen atoms in total. The number of rotatable bonds is 2. The van der Waals surface area contributed by atoms with Gasteiger partial charge in [-0.25, -0.2) is 0 Å². The molecule has 81 valence electrons. The van der Waals surface area contributed by atoms with Crippen LogP contribution in [0, 0.1) is 13.0 Å². The summed E-state index contributed by atoms with van der Waals surface area (Å²) in [6.45, 7) is 3.24. The van der Waals surface area contributed by atoms with Crippen LogP contribution in [0.25, 0.3) is 0 Å². The summed E-state index contributed by atoms with van der Waals surface area (Å²) in [7, 11) is 0. The van der Waals surface area contributed by atoms with E-state index in [1.165, 1.54) is 11.3 Å². The molecule has 16 heavy (non-hydrogen) atoms. The monoisotopic (exact) mass is 214 g/mol. The molecule has 1 aromatic heterocycles. The number of benzene rings is 1. The van der Waals surface area contributed by atoms with Crippen LogP contribution in [0.1, 0.15) is 11.3 Å². The molecule has 0 atom stereocenters. The second-order valence-electron chi connectivity index (χ2n) is 3.90. The molecule has 0 saturated heterocycles. The Morgan fingerprint density at radius 2 is 2.19 bits per heavy atom. The first-order valence-corrected chi connectivity index (χ1v) is 5.24. The summed E-state index contributed by atoms with van der Waals surface area (Å²) in [6, 6.07) is 11.1. The van der Waals surface area contributed by atoms with Crippen LogP contribution in [-0.2, 0) is 6.54 Å². The van der Waals surface area contributed by atoms with Crippen molar-refractivity contribution in [1.82, 2.24) is 4.57 Å². The molecule has 1 aliphatic rings.